The van der Waals surface area contributed by atoms with Crippen molar-refractivity contribution in [2.24, 2.45) is 17.8 Å². The molecule has 0 aromatic carbocycles. The fourth-order valence-electron chi connectivity index (χ4n) is 10.7. The van der Waals surface area contributed by atoms with Crippen molar-refractivity contribution in [2.75, 3.05) is 39.6 Å². The van der Waals surface area contributed by atoms with Crippen molar-refractivity contribution in [3.05, 3.63) is 0 Å². The number of ether oxygens (including phenoxy) is 4. The third-order valence-electron chi connectivity index (χ3n) is 17.1. The molecule has 90 heavy (non-hydrogen) atoms. The molecule has 0 aliphatic rings. The second kappa shape index (κ2) is 61.9. The molecule has 0 aliphatic carbocycles. The summed E-state index contributed by atoms with van der Waals surface area (Å²) in [7, 11) is -9.90. The Bertz CT molecular complexity index is 1770. The van der Waals surface area contributed by atoms with E-state index in [-0.39, 0.29) is 25.7 Å². The van der Waals surface area contributed by atoms with E-state index in [2.05, 4.69) is 48.5 Å². The predicted octanol–water partition coefficient (Wildman–Crippen LogP) is 20.2. The molecule has 0 heterocycles. The first-order valence-corrected chi connectivity index (χ1v) is 39.9. The van der Waals surface area contributed by atoms with Crippen molar-refractivity contribution >= 4 is 39.5 Å². The summed E-state index contributed by atoms with van der Waals surface area (Å²) in [5.41, 5.74) is 0. The molecule has 0 fully saturated rings. The minimum Gasteiger partial charge on any atom is -0.462 e. The SMILES string of the molecule is CCCCCCCCCCCCC(=O)OC[C@H](COP(=O)(O)OC[C@H](O)COP(=O)(O)OC[C@@H](COC(=O)CCCCCCCCCCCC(C)C)OC(=O)CCCCCCCCCCCCCCCCC(C)CC)OC(=O)CCCCCCCCC(C)CC. The van der Waals surface area contributed by atoms with Gasteiger partial charge in [-0.15, -0.1) is 0 Å². The third-order valence-corrected chi connectivity index (χ3v) is 19.0. The van der Waals surface area contributed by atoms with E-state index >= 15 is 0 Å². The van der Waals surface area contributed by atoms with Crippen molar-refractivity contribution < 1.29 is 80.2 Å². The van der Waals surface area contributed by atoms with Gasteiger partial charge in [0.05, 0.1) is 26.4 Å². The largest absolute Gasteiger partial charge is 0.472 e. The molecule has 4 unspecified atom stereocenters. The highest BCUT2D eigenvalue weighted by Gasteiger charge is 2.30. The van der Waals surface area contributed by atoms with Crippen LogP contribution in [-0.2, 0) is 65.4 Å². The Morgan fingerprint density at radius 3 is 0.844 bits per heavy atom. The van der Waals surface area contributed by atoms with Crippen LogP contribution in [-0.4, -0.2) is 96.7 Å². The number of carbonyl (C=O) groups excluding carboxylic acids is 4. The quantitative estimate of drug-likeness (QED) is 0.0222. The van der Waals surface area contributed by atoms with Gasteiger partial charge in [0.1, 0.15) is 19.3 Å². The Labute approximate surface area is 549 Å². The molecule has 19 heteroatoms. The topological polar surface area (TPSA) is 237 Å². The van der Waals surface area contributed by atoms with E-state index in [0.29, 0.717) is 25.7 Å². The lowest BCUT2D eigenvalue weighted by molar-refractivity contribution is -0.161. The average Bonchev–Trinajstić information content (AvgIpc) is 3.53. The van der Waals surface area contributed by atoms with Gasteiger partial charge in [-0.1, -0.05) is 305 Å². The summed E-state index contributed by atoms with van der Waals surface area (Å²) < 4.78 is 68.3. The zero-order valence-electron chi connectivity index (χ0n) is 58.6. The number of phosphoric ester groups is 2. The Morgan fingerprint density at radius 2 is 0.567 bits per heavy atom. The number of rotatable bonds is 69. The molecule has 534 valence electrons. The number of aliphatic hydroxyl groups is 1. The van der Waals surface area contributed by atoms with Crippen molar-refractivity contribution in [1.82, 2.24) is 0 Å². The number of carbonyl (C=O) groups is 4. The van der Waals surface area contributed by atoms with Crippen LogP contribution in [0.15, 0.2) is 0 Å². The number of aliphatic hydroxyl groups excluding tert-OH is 1. The lowest BCUT2D eigenvalue weighted by atomic mass is 9.99. The highest BCUT2D eigenvalue weighted by atomic mass is 31.2. The molecule has 0 radical (unpaired) electrons. The first-order valence-electron chi connectivity index (χ1n) is 36.9. The van der Waals surface area contributed by atoms with Crippen molar-refractivity contribution in [3.63, 3.8) is 0 Å². The summed E-state index contributed by atoms with van der Waals surface area (Å²) >= 11 is 0. The van der Waals surface area contributed by atoms with E-state index in [1.807, 2.05) is 0 Å². The predicted molar refractivity (Wildman–Crippen MR) is 363 cm³/mol. The van der Waals surface area contributed by atoms with Crippen LogP contribution < -0.4 is 0 Å². The summed E-state index contributed by atoms with van der Waals surface area (Å²) in [5, 5.41) is 10.6. The van der Waals surface area contributed by atoms with Crippen LogP contribution in [0.2, 0.25) is 0 Å². The minimum absolute atomic E-state index is 0.103. The number of esters is 4. The molecule has 3 N–H and O–H groups in total. The Hall–Kier alpha value is -1.94. The van der Waals surface area contributed by atoms with Crippen molar-refractivity contribution in [1.29, 1.82) is 0 Å². The number of phosphoric acid groups is 2. The lowest BCUT2D eigenvalue weighted by Gasteiger charge is -2.21. The molecule has 0 saturated heterocycles. The molecular formula is C71H138O17P2. The van der Waals surface area contributed by atoms with Gasteiger partial charge in [0.2, 0.25) is 0 Å². The molecule has 0 rings (SSSR count). The molecule has 0 aliphatic heterocycles. The third kappa shape index (κ3) is 62.2. The van der Waals surface area contributed by atoms with Gasteiger partial charge in [-0.2, -0.15) is 0 Å². The fourth-order valence-corrected chi connectivity index (χ4v) is 12.2. The fraction of sp³-hybridized carbons (Fsp3) is 0.944. The van der Waals surface area contributed by atoms with Gasteiger partial charge < -0.3 is 33.8 Å². The van der Waals surface area contributed by atoms with Gasteiger partial charge in [0.25, 0.3) is 0 Å². The summed E-state index contributed by atoms with van der Waals surface area (Å²) in [6.07, 6.45) is 45.8. The maximum atomic E-state index is 13.0. The van der Waals surface area contributed by atoms with Gasteiger partial charge >= 0.3 is 39.5 Å². The van der Waals surface area contributed by atoms with Crippen LogP contribution in [0.3, 0.4) is 0 Å². The van der Waals surface area contributed by atoms with E-state index in [0.717, 1.165) is 108 Å². The Morgan fingerprint density at radius 1 is 0.322 bits per heavy atom. The summed E-state index contributed by atoms with van der Waals surface area (Å²) in [4.78, 5) is 72.5. The van der Waals surface area contributed by atoms with E-state index in [4.69, 9.17) is 37.0 Å². The highest BCUT2D eigenvalue weighted by molar-refractivity contribution is 7.47. The normalized spacial score (nSPS) is 14.8. The summed E-state index contributed by atoms with van der Waals surface area (Å²) in [6.45, 7) is 11.8. The maximum absolute atomic E-state index is 13.0. The molecule has 17 nitrogen and oxygen atoms in total. The lowest BCUT2D eigenvalue weighted by Crippen LogP contribution is -2.30. The van der Waals surface area contributed by atoms with Crippen molar-refractivity contribution in [2.45, 2.75) is 375 Å². The number of unbranched alkanes of at least 4 members (excludes halogenated alkanes) is 35. The smallest absolute Gasteiger partial charge is 0.462 e. The minimum atomic E-state index is -4.95. The Kier molecular flexibility index (Phi) is 60.6. The van der Waals surface area contributed by atoms with Gasteiger partial charge in [0, 0.05) is 25.7 Å². The first kappa shape index (κ1) is 88.1. The summed E-state index contributed by atoms with van der Waals surface area (Å²) in [5.74, 6) is 0.182. The summed E-state index contributed by atoms with van der Waals surface area (Å²) in [6, 6.07) is 0. The molecule has 0 amide bonds. The monoisotopic (exact) mass is 1320 g/mol. The zero-order chi connectivity index (χ0) is 66.6. The molecule has 7 atom stereocenters. The first-order chi connectivity index (χ1) is 43.3. The van der Waals surface area contributed by atoms with Gasteiger partial charge in [-0.3, -0.25) is 37.3 Å². The van der Waals surface area contributed by atoms with E-state index in [1.54, 1.807) is 0 Å². The average molecular weight is 1330 g/mol. The molecule has 0 saturated carbocycles. The van der Waals surface area contributed by atoms with Crippen LogP contribution in [0.5, 0.6) is 0 Å². The van der Waals surface area contributed by atoms with E-state index in [1.165, 1.54) is 167 Å². The maximum Gasteiger partial charge on any atom is 0.472 e. The van der Waals surface area contributed by atoms with Crippen LogP contribution in [0, 0.1) is 17.8 Å². The Balaban J connectivity index is 5.23. The second-order valence-corrected chi connectivity index (χ2v) is 29.5. The van der Waals surface area contributed by atoms with Gasteiger partial charge in [0.15, 0.2) is 12.2 Å². The standard InChI is InChI=1S/C71H138O17P2/c1-8-11-12-13-14-15-25-30-38-45-52-68(73)82-59-67(88-71(76)55-48-41-34-33-37-44-51-64(7)10-3)61-86-90(79,80)84-57-65(72)56-83-89(77,78)85-60-66(58-81-69(74)53-46-39-31-27-22-23-28-35-42-49-62(4)5)87-70(75)54-47-40-32-26-21-19-17-16-18-20-24-29-36-43-50-63(6)9-2/h62-67,72H,8-61H2,1-7H3,(H,77,78)(H,79,80)/t63?,64?,65-,66-,67-/m1/s1. The molecule has 0 spiro atoms. The van der Waals surface area contributed by atoms with Crippen LogP contribution in [0.4, 0.5) is 0 Å². The zero-order valence-corrected chi connectivity index (χ0v) is 60.4. The molecule has 0 bridgehead atoms. The van der Waals surface area contributed by atoms with Crippen LogP contribution >= 0.6 is 15.6 Å². The number of hydrogen-bond acceptors (Lipinski definition) is 15. The van der Waals surface area contributed by atoms with E-state index in [9.17, 15) is 43.2 Å². The van der Waals surface area contributed by atoms with Crippen molar-refractivity contribution in [3.8, 4) is 0 Å². The number of hydrogen-bond donors (Lipinski definition) is 3. The van der Waals surface area contributed by atoms with Crippen LogP contribution in [0.1, 0.15) is 357 Å². The van der Waals surface area contributed by atoms with E-state index < -0.39 is 97.5 Å². The highest BCUT2D eigenvalue weighted by Crippen LogP contribution is 2.45. The molecule has 0 aromatic heterocycles. The van der Waals surface area contributed by atoms with Crippen LogP contribution in [0.25, 0.3) is 0 Å². The second-order valence-electron chi connectivity index (χ2n) is 26.6. The van der Waals surface area contributed by atoms with Gasteiger partial charge in [-0.25, -0.2) is 9.13 Å². The van der Waals surface area contributed by atoms with Gasteiger partial charge in [-0.05, 0) is 43.4 Å². The molecular weight excluding hydrogens is 1190 g/mol. The molecule has 0 aromatic rings.